The first-order valence-electron chi connectivity index (χ1n) is 7.32. The van der Waals surface area contributed by atoms with Crippen LogP contribution < -0.4 is 4.74 Å². The van der Waals surface area contributed by atoms with Crippen molar-refractivity contribution < 1.29 is 9.13 Å². The van der Waals surface area contributed by atoms with Crippen molar-refractivity contribution in [3.05, 3.63) is 81.9 Å². The second kappa shape index (κ2) is 10.6. The summed E-state index contributed by atoms with van der Waals surface area (Å²) in [6.45, 7) is 6.76. The van der Waals surface area contributed by atoms with Crippen LogP contribution in [0.5, 0.6) is 5.75 Å². The number of rotatable bonds is 4. The SMILES string of the molecule is ClCc1nccc(Cl)n1.[C-]#[N+]c1ccc(OCc2nccc(Cl)n2)c(F)c1. The Bertz CT molecular complexity index is 952. The van der Waals surface area contributed by atoms with Crippen molar-refractivity contribution in [3.8, 4) is 5.75 Å². The van der Waals surface area contributed by atoms with Crippen molar-refractivity contribution in [1.29, 1.82) is 0 Å². The lowest BCUT2D eigenvalue weighted by atomic mass is 10.3. The molecule has 2 aromatic heterocycles. The molecule has 0 saturated heterocycles. The largest absolute Gasteiger partial charge is 0.483 e. The van der Waals surface area contributed by atoms with E-state index in [-0.39, 0.29) is 18.0 Å². The van der Waals surface area contributed by atoms with Crippen molar-refractivity contribution in [1.82, 2.24) is 19.9 Å². The van der Waals surface area contributed by atoms with Crippen LogP contribution in [-0.4, -0.2) is 19.9 Å². The molecule has 0 unspecified atom stereocenters. The summed E-state index contributed by atoms with van der Waals surface area (Å²) in [5.41, 5.74) is 0.221. The first kappa shape index (κ1) is 20.8. The summed E-state index contributed by atoms with van der Waals surface area (Å²) in [5.74, 6) is 0.678. The molecule has 2 heterocycles. The minimum atomic E-state index is -0.592. The van der Waals surface area contributed by atoms with Crippen LogP contribution >= 0.6 is 34.8 Å². The van der Waals surface area contributed by atoms with Crippen LogP contribution in [0.2, 0.25) is 10.3 Å². The second-order valence-corrected chi connectivity index (χ2v) is 5.78. The molecule has 0 spiro atoms. The van der Waals surface area contributed by atoms with Crippen molar-refractivity contribution in [3.63, 3.8) is 0 Å². The van der Waals surface area contributed by atoms with Crippen LogP contribution in [0.3, 0.4) is 0 Å². The maximum absolute atomic E-state index is 13.5. The summed E-state index contributed by atoms with van der Waals surface area (Å²) in [5, 5.41) is 0.730. The van der Waals surface area contributed by atoms with Crippen LogP contribution in [0, 0.1) is 12.4 Å². The number of hydrogen-bond donors (Lipinski definition) is 0. The summed E-state index contributed by atoms with van der Waals surface area (Å²) < 4.78 is 18.7. The van der Waals surface area contributed by atoms with Gasteiger partial charge in [0.05, 0.1) is 12.5 Å². The lowest BCUT2D eigenvalue weighted by molar-refractivity contribution is 0.281. The van der Waals surface area contributed by atoms with E-state index in [0.29, 0.717) is 27.8 Å². The predicted molar refractivity (Wildman–Crippen MR) is 101 cm³/mol. The fraction of sp³-hybridized carbons (Fsp3) is 0.118. The second-order valence-electron chi connectivity index (χ2n) is 4.74. The van der Waals surface area contributed by atoms with Gasteiger partial charge in [0, 0.05) is 12.4 Å². The van der Waals surface area contributed by atoms with Crippen LogP contribution in [0.15, 0.2) is 42.7 Å². The first-order chi connectivity index (χ1) is 13.0. The van der Waals surface area contributed by atoms with E-state index >= 15 is 0 Å². The Labute approximate surface area is 169 Å². The molecule has 0 fully saturated rings. The van der Waals surface area contributed by atoms with E-state index < -0.39 is 5.82 Å². The molecule has 138 valence electrons. The van der Waals surface area contributed by atoms with Crippen molar-refractivity contribution in [2.45, 2.75) is 12.5 Å². The molecule has 3 aromatic rings. The Morgan fingerprint density at radius 2 is 1.63 bits per heavy atom. The molecule has 0 amide bonds. The van der Waals surface area contributed by atoms with Gasteiger partial charge in [-0.2, -0.15) is 0 Å². The molecule has 0 atom stereocenters. The van der Waals surface area contributed by atoms with E-state index in [1.54, 1.807) is 12.3 Å². The van der Waals surface area contributed by atoms with Crippen molar-refractivity contribution in [2.24, 2.45) is 0 Å². The highest BCUT2D eigenvalue weighted by Crippen LogP contribution is 2.23. The lowest BCUT2D eigenvalue weighted by Gasteiger charge is -2.06. The first-order valence-corrected chi connectivity index (χ1v) is 8.61. The number of nitrogens with zero attached hydrogens (tertiary/aromatic N) is 5. The van der Waals surface area contributed by atoms with Crippen LogP contribution in [0.1, 0.15) is 11.6 Å². The van der Waals surface area contributed by atoms with E-state index in [1.165, 1.54) is 24.4 Å². The molecular weight excluding hydrogens is 416 g/mol. The molecular formula is C17H11Cl3FN5O. The summed E-state index contributed by atoms with van der Waals surface area (Å²) >= 11 is 16.6. The standard InChI is InChI=1S/C12H7ClFN3O.C5H4Cl2N2/c1-15-8-2-3-10(9(14)6-8)18-7-12-16-5-4-11(13)17-12;6-3-5-8-2-1-4(7)9-5/h2-6H,7H2;1-2H,3H2. The number of benzene rings is 1. The molecule has 0 aliphatic heterocycles. The van der Waals surface area contributed by atoms with Gasteiger partial charge in [0.25, 0.3) is 0 Å². The summed E-state index contributed by atoms with van der Waals surface area (Å²) in [7, 11) is 0. The van der Waals surface area contributed by atoms with Gasteiger partial charge in [0.1, 0.15) is 22.7 Å². The number of alkyl halides is 1. The Morgan fingerprint density at radius 1 is 1.00 bits per heavy atom. The smallest absolute Gasteiger partial charge is 0.190 e. The highest BCUT2D eigenvalue weighted by atomic mass is 35.5. The molecule has 0 aliphatic rings. The van der Waals surface area contributed by atoms with Gasteiger partial charge in [-0.1, -0.05) is 29.3 Å². The quantitative estimate of drug-likeness (QED) is 0.323. The van der Waals surface area contributed by atoms with E-state index in [2.05, 4.69) is 24.8 Å². The maximum Gasteiger partial charge on any atom is 0.190 e. The van der Waals surface area contributed by atoms with E-state index in [1.807, 2.05) is 0 Å². The average molecular weight is 427 g/mol. The van der Waals surface area contributed by atoms with E-state index in [0.717, 1.165) is 6.07 Å². The summed E-state index contributed by atoms with van der Waals surface area (Å²) in [6.07, 6.45) is 3.07. The van der Waals surface area contributed by atoms with Gasteiger partial charge in [0.2, 0.25) is 0 Å². The van der Waals surface area contributed by atoms with Gasteiger partial charge >= 0.3 is 0 Å². The summed E-state index contributed by atoms with van der Waals surface area (Å²) in [6, 6.07) is 7.13. The van der Waals surface area contributed by atoms with E-state index in [9.17, 15) is 4.39 Å². The molecule has 0 bridgehead atoms. The topological polar surface area (TPSA) is 65.2 Å². The fourth-order valence-corrected chi connectivity index (χ4v) is 2.14. The molecule has 6 nitrogen and oxygen atoms in total. The number of aromatic nitrogens is 4. The molecule has 1 aromatic carbocycles. The Hall–Kier alpha value is -2.53. The van der Waals surface area contributed by atoms with Crippen molar-refractivity contribution >= 4 is 40.5 Å². The zero-order chi connectivity index (χ0) is 19.6. The zero-order valence-electron chi connectivity index (χ0n) is 13.6. The molecule has 0 aliphatic carbocycles. The van der Waals surface area contributed by atoms with Gasteiger partial charge < -0.3 is 4.74 Å². The Morgan fingerprint density at radius 3 is 2.15 bits per heavy atom. The highest BCUT2D eigenvalue weighted by Gasteiger charge is 2.06. The third-order valence-electron chi connectivity index (χ3n) is 2.86. The molecule has 0 N–H and O–H groups in total. The minimum absolute atomic E-state index is 0.00877. The van der Waals surface area contributed by atoms with Gasteiger partial charge in [0.15, 0.2) is 23.1 Å². The highest BCUT2D eigenvalue weighted by molar-refractivity contribution is 6.29. The number of halogens is 4. The van der Waals surface area contributed by atoms with Gasteiger partial charge in [-0.3, -0.25) is 0 Å². The Balaban J connectivity index is 0.000000244. The number of ether oxygens (including phenoxy) is 1. The molecule has 0 radical (unpaired) electrons. The lowest BCUT2D eigenvalue weighted by Crippen LogP contribution is -2.02. The third-order valence-corrected chi connectivity index (χ3v) is 3.52. The maximum atomic E-state index is 13.5. The summed E-state index contributed by atoms with van der Waals surface area (Å²) in [4.78, 5) is 18.6. The van der Waals surface area contributed by atoms with Crippen LogP contribution in [0.25, 0.3) is 4.85 Å². The molecule has 10 heteroatoms. The monoisotopic (exact) mass is 425 g/mol. The minimum Gasteiger partial charge on any atom is -0.483 e. The normalized spacial score (nSPS) is 9.74. The Kier molecular flexibility index (Phi) is 8.14. The zero-order valence-corrected chi connectivity index (χ0v) is 15.9. The van der Waals surface area contributed by atoms with Gasteiger partial charge in [-0.15, -0.1) is 11.6 Å². The number of hydrogen-bond acceptors (Lipinski definition) is 5. The fourth-order valence-electron chi connectivity index (χ4n) is 1.70. The van der Waals surface area contributed by atoms with Gasteiger partial charge in [-0.25, -0.2) is 29.2 Å². The third kappa shape index (κ3) is 6.94. The molecule has 3 rings (SSSR count). The van der Waals surface area contributed by atoms with Crippen LogP contribution in [0.4, 0.5) is 10.1 Å². The van der Waals surface area contributed by atoms with E-state index in [4.69, 9.17) is 46.1 Å². The van der Waals surface area contributed by atoms with Crippen LogP contribution in [-0.2, 0) is 12.5 Å². The molecule has 27 heavy (non-hydrogen) atoms. The molecule has 0 saturated carbocycles. The average Bonchev–Trinajstić information content (AvgIpc) is 2.67. The van der Waals surface area contributed by atoms with Crippen molar-refractivity contribution in [2.75, 3.05) is 0 Å². The van der Waals surface area contributed by atoms with Gasteiger partial charge in [-0.05, 0) is 24.3 Å². The predicted octanol–water partition coefficient (Wildman–Crippen LogP) is 5.27.